The molecule has 0 fully saturated rings. The van der Waals surface area contributed by atoms with Gasteiger partial charge in [0.25, 0.3) is 0 Å². The van der Waals surface area contributed by atoms with Gasteiger partial charge in [-0.1, -0.05) is 66.2 Å². The van der Waals surface area contributed by atoms with E-state index in [0.717, 1.165) is 33.1 Å². The molecule has 0 unspecified atom stereocenters. The fourth-order valence-electron chi connectivity index (χ4n) is 2.20. The van der Waals surface area contributed by atoms with Crippen LogP contribution in [0.1, 0.15) is 16.7 Å². The van der Waals surface area contributed by atoms with Crippen molar-refractivity contribution in [3.8, 4) is 0 Å². The minimum atomic E-state index is 0.589. The van der Waals surface area contributed by atoms with Crippen LogP contribution < -0.4 is 0 Å². The summed E-state index contributed by atoms with van der Waals surface area (Å²) < 4.78 is 0. The van der Waals surface area contributed by atoms with E-state index in [1.54, 1.807) is 30.0 Å². The molecular formula is C21H19Cl2NS. The summed E-state index contributed by atoms with van der Waals surface area (Å²) in [7, 11) is 0. The normalized spacial score (nSPS) is 11.2. The molecule has 0 heterocycles. The molecule has 2 aromatic carbocycles. The third kappa shape index (κ3) is 5.37. The predicted molar refractivity (Wildman–Crippen MR) is 115 cm³/mol. The van der Waals surface area contributed by atoms with E-state index < -0.39 is 0 Å². The molecule has 1 nitrogen and oxygen atoms in total. The minimum absolute atomic E-state index is 0.589. The van der Waals surface area contributed by atoms with Crippen molar-refractivity contribution < 1.29 is 0 Å². The summed E-state index contributed by atoms with van der Waals surface area (Å²) in [6, 6.07) is 13.5. The van der Waals surface area contributed by atoms with Crippen LogP contribution in [0.2, 0.25) is 10.0 Å². The molecule has 2 aromatic rings. The van der Waals surface area contributed by atoms with Crippen molar-refractivity contribution >= 4 is 45.6 Å². The fraction of sp³-hybridized carbons (Fsp3) is 0.0952. The summed E-state index contributed by atoms with van der Waals surface area (Å²) in [5.74, 6) is 0.808. The second-order valence-corrected chi connectivity index (χ2v) is 7.07. The smallest absolute Gasteiger partial charge is 0.0983 e. The minimum Gasteiger partial charge on any atom is -0.274 e. The van der Waals surface area contributed by atoms with Crippen molar-refractivity contribution in [2.24, 2.45) is 4.99 Å². The van der Waals surface area contributed by atoms with Gasteiger partial charge >= 0.3 is 0 Å². The molecule has 0 aliphatic heterocycles. The number of halogens is 2. The molecule has 0 aliphatic rings. The Kier molecular flexibility index (Phi) is 7.57. The molecule has 0 spiro atoms. The van der Waals surface area contributed by atoms with Crippen LogP contribution in [0.5, 0.6) is 0 Å². The highest BCUT2D eigenvalue weighted by Crippen LogP contribution is 2.30. The number of rotatable bonds is 7. The molecule has 0 aliphatic carbocycles. The Balaban J connectivity index is 2.28. The molecule has 0 amide bonds. The maximum absolute atomic E-state index is 6.28. The first-order valence-corrected chi connectivity index (χ1v) is 9.45. The van der Waals surface area contributed by atoms with Crippen LogP contribution in [0.25, 0.3) is 5.57 Å². The summed E-state index contributed by atoms with van der Waals surface area (Å²) >= 11 is 14.0. The Bertz CT molecular complexity index is 807. The van der Waals surface area contributed by atoms with Crippen molar-refractivity contribution in [2.45, 2.75) is 0 Å². The molecular weight excluding hydrogens is 369 g/mol. The van der Waals surface area contributed by atoms with Gasteiger partial charge in [-0.2, -0.15) is 0 Å². The first kappa shape index (κ1) is 19.6. The highest BCUT2D eigenvalue weighted by atomic mass is 35.5. The van der Waals surface area contributed by atoms with Gasteiger partial charge in [0.05, 0.1) is 11.6 Å². The van der Waals surface area contributed by atoms with Gasteiger partial charge in [-0.25, -0.2) is 0 Å². The molecule has 0 atom stereocenters. The molecule has 0 saturated carbocycles. The van der Waals surface area contributed by atoms with Crippen LogP contribution in [-0.2, 0) is 0 Å². The van der Waals surface area contributed by atoms with E-state index in [4.69, 9.17) is 23.2 Å². The van der Waals surface area contributed by atoms with E-state index in [2.05, 4.69) is 24.7 Å². The number of thioether (sulfide) groups is 1. The van der Waals surface area contributed by atoms with Crippen molar-refractivity contribution in [3.05, 3.63) is 101 Å². The lowest BCUT2D eigenvalue weighted by atomic mass is 9.98. The Morgan fingerprint density at radius 2 is 1.68 bits per heavy atom. The summed E-state index contributed by atoms with van der Waals surface area (Å²) in [5, 5.41) is 2.24. The first-order valence-electron chi connectivity index (χ1n) is 7.71. The Labute approximate surface area is 163 Å². The molecule has 128 valence electrons. The maximum atomic E-state index is 6.28. The average Bonchev–Trinajstić information content (AvgIpc) is 2.63. The lowest BCUT2D eigenvalue weighted by Crippen LogP contribution is -1.98. The van der Waals surface area contributed by atoms with Gasteiger partial charge in [0, 0.05) is 26.9 Å². The summed E-state index contributed by atoms with van der Waals surface area (Å²) in [6.07, 6.45) is 3.65. The Morgan fingerprint density at radius 1 is 1.00 bits per heavy atom. The van der Waals surface area contributed by atoms with E-state index in [0.29, 0.717) is 16.6 Å². The van der Waals surface area contributed by atoms with E-state index in [-0.39, 0.29) is 0 Å². The van der Waals surface area contributed by atoms with Gasteiger partial charge in [0.1, 0.15) is 0 Å². The van der Waals surface area contributed by atoms with Gasteiger partial charge in [0.15, 0.2) is 0 Å². The number of benzene rings is 2. The first-order chi connectivity index (χ1) is 12.1. The SMILES string of the molecule is C=CCN=C(SCC=C)c1ccc(C(=C)c2cc(Cl)ccc2Cl)cc1. The molecule has 0 saturated heterocycles. The van der Waals surface area contributed by atoms with Crippen LogP contribution in [0, 0.1) is 0 Å². The van der Waals surface area contributed by atoms with Gasteiger partial charge in [0.2, 0.25) is 0 Å². The fourth-order valence-corrected chi connectivity index (χ4v) is 3.35. The number of nitrogens with zero attached hydrogens (tertiary/aromatic N) is 1. The van der Waals surface area contributed by atoms with Crippen LogP contribution in [0.4, 0.5) is 0 Å². The van der Waals surface area contributed by atoms with Crippen LogP contribution in [-0.4, -0.2) is 17.3 Å². The highest BCUT2D eigenvalue weighted by molar-refractivity contribution is 8.14. The number of aliphatic imine (C=N–C) groups is 1. The zero-order chi connectivity index (χ0) is 18.2. The lowest BCUT2D eigenvalue weighted by Gasteiger charge is -2.11. The van der Waals surface area contributed by atoms with E-state index in [1.807, 2.05) is 36.4 Å². The van der Waals surface area contributed by atoms with E-state index in [1.165, 1.54) is 0 Å². The van der Waals surface area contributed by atoms with E-state index in [9.17, 15) is 0 Å². The molecule has 2 rings (SSSR count). The second kappa shape index (κ2) is 9.67. The topological polar surface area (TPSA) is 12.4 Å². The number of hydrogen-bond acceptors (Lipinski definition) is 2. The maximum Gasteiger partial charge on any atom is 0.0983 e. The average molecular weight is 388 g/mol. The number of hydrogen-bond donors (Lipinski definition) is 0. The van der Waals surface area contributed by atoms with Gasteiger partial charge in [-0.05, 0) is 29.3 Å². The standard InChI is InChI=1S/C21H19Cl2NS/c1-4-12-24-21(25-13-5-2)17-8-6-16(7-9-17)15(3)19-14-18(22)10-11-20(19)23/h4-11,14H,1-3,12-13H2. The summed E-state index contributed by atoms with van der Waals surface area (Å²) in [5.41, 5.74) is 3.72. The predicted octanol–water partition coefficient (Wildman–Crippen LogP) is 6.91. The molecule has 0 aromatic heterocycles. The zero-order valence-corrected chi connectivity index (χ0v) is 16.2. The van der Waals surface area contributed by atoms with Crippen molar-refractivity contribution in [1.82, 2.24) is 0 Å². The quantitative estimate of drug-likeness (QED) is 0.285. The van der Waals surface area contributed by atoms with Crippen molar-refractivity contribution in [1.29, 1.82) is 0 Å². The highest BCUT2D eigenvalue weighted by Gasteiger charge is 2.09. The third-order valence-electron chi connectivity index (χ3n) is 3.44. The van der Waals surface area contributed by atoms with Gasteiger partial charge in [-0.3, -0.25) is 4.99 Å². The van der Waals surface area contributed by atoms with Crippen LogP contribution in [0.15, 0.2) is 79.3 Å². The summed E-state index contributed by atoms with van der Waals surface area (Å²) in [6.45, 7) is 12.2. The largest absolute Gasteiger partial charge is 0.274 e. The Morgan fingerprint density at radius 3 is 2.32 bits per heavy atom. The van der Waals surface area contributed by atoms with Crippen molar-refractivity contribution in [3.63, 3.8) is 0 Å². The monoisotopic (exact) mass is 387 g/mol. The van der Waals surface area contributed by atoms with Gasteiger partial charge in [-0.15, -0.1) is 24.9 Å². The summed E-state index contributed by atoms with van der Waals surface area (Å²) in [4.78, 5) is 4.56. The molecule has 25 heavy (non-hydrogen) atoms. The van der Waals surface area contributed by atoms with E-state index >= 15 is 0 Å². The van der Waals surface area contributed by atoms with Crippen LogP contribution in [0.3, 0.4) is 0 Å². The Hall–Kier alpha value is -1.74. The lowest BCUT2D eigenvalue weighted by molar-refractivity contribution is 1.26. The molecule has 0 N–H and O–H groups in total. The second-order valence-electron chi connectivity index (χ2n) is 5.21. The molecule has 0 bridgehead atoms. The van der Waals surface area contributed by atoms with Crippen LogP contribution >= 0.6 is 35.0 Å². The van der Waals surface area contributed by atoms with Gasteiger partial charge < -0.3 is 0 Å². The van der Waals surface area contributed by atoms with Crippen molar-refractivity contribution in [2.75, 3.05) is 12.3 Å². The molecule has 4 heteroatoms. The third-order valence-corrected chi connectivity index (χ3v) is 5.04. The zero-order valence-electron chi connectivity index (χ0n) is 13.8. The molecule has 0 radical (unpaired) electrons.